The van der Waals surface area contributed by atoms with E-state index in [-0.39, 0.29) is 10.4 Å². The minimum absolute atomic E-state index is 0.0926. The van der Waals surface area contributed by atoms with Crippen molar-refractivity contribution in [3.05, 3.63) is 54.7 Å². The van der Waals surface area contributed by atoms with Gasteiger partial charge in [-0.1, -0.05) is 18.2 Å². The van der Waals surface area contributed by atoms with E-state index in [2.05, 4.69) is 19.2 Å². The number of rotatable bonds is 9. The first kappa shape index (κ1) is 25.3. The molecule has 0 atom stereocenters. The number of fused-ring (bicyclic) bond motifs is 1. The van der Waals surface area contributed by atoms with Gasteiger partial charge in [-0.05, 0) is 12.1 Å². The van der Waals surface area contributed by atoms with Crippen molar-refractivity contribution < 1.29 is 48.6 Å². The summed E-state index contributed by atoms with van der Waals surface area (Å²) in [7, 11) is -4.39. The SMILES string of the molecule is O=S(=O)(Nc1cc(OCC(F)(F)F)cc(OCC(F)(F)C(F)F)c1)c1cccc2cccnc12. The number of ether oxygens (including phenoxy) is 2. The first-order valence-electron chi connectivity index (χ1n) is 9.27. The monoisotopic (exact) mass is 512 g/mol. The first-order valence-corrected chi connectivity index (χ1v) is 10.8. The van der Waals surface area contributed by atoms with Crippen LogP contribution in [0.5, 0.6) is 11.5 Å². The summed E-state index contributed by atoms with van der Waals surface area (Å²) >= 11 is 0. The molecular weight excluding hydrogens is 497 g/mol. The maximum atomic E-state index is 13.2. The molecule has 0 unspecified atom stereocenters. The molecule has 0 bridgehead atoms. The molecule has 1 aromatic heterocycles. The summed E-state index contributed by atoms with van der Waals surface area (Å²) in [6.07, 6.45) is -7.48. The van der Waals surface area contributed by atoms with E-state index in [0.717, 1.165) is 18.2 Å². The topological polar surface area (TPSA) is 77.5 Å². The third kappa shape index (κ3) is 6.40. The zero-order valence-corrected chi connectivity index (χ0v) is 17.6. The van der Waals surface area contributed by atoms with Gasteiger partial charge < -0.3 is 9.47 Å². The van der Waals surface area contributed by atoms with E-state index in [1.54, 1.807) is 18.2 Å². The van der Waals surface area contributed by atoms with Gasteiger partial charge in [0, 0.05) is 29.8 Å². The number of nitrogens with zero attached hydrogens (tertiary/aromatic N) is 1. The normalized spacial score (nSPS) is 12.7. The summed E-state index contributed by atoms with van der Waals surface area (Å²) in [4.78, 5) is 3.73. The van der Waals surface area contributed by atoms with Gasteiger partial charge in [0.05, 0.1) is 11.2 Å². The Balaban J connectivity index is 1.95. The zero-order chi connectivity index (χ0) is 25.1. The maximum absolute atomic E-state index is 13.2. The lowest BCUT2D eigenvalue weighted by atomic mass is 10.2. The summed E-state index contributed by atoms with van der Waals surface area (Å²) in [5.41, 5.74) is -0.335. The number of hydrogen-bond acceptors (Lipinski definition) is 5. The number of benzene rings is 2. The number of hydrogen-bond donors (Lipinski definition) is 1. The number of pyridine rings is 1. The average molecular weight is 512 g/mol. The molecule has 34 heavy (non-hydrogen) atoms. The predicted octanol–water partition coefficient (Wildman–Crippen LogP) is 5.26. The van der Waals surface area contributed by atoms with Gasteiger partial charge in [-0.3, -0.25) is 9.71 Å². The standard InChI is InChI=1S/C20H15F7N2O4S/c21-18(22)19(23,24)10-32-14-7-13(8-15(9-14)33-11-20(25,26)27)29-34(30,31)16-5-1-3-12-4-2-6-28-17(12)16/h1-9,18,29H,10-11H2. The highest BCUT2D eigenvalue weighted by atomic mass is 32.2. The van der Waals surface area contributed by atoms with Crippen LogP contribution in [0.3, 0.4) is 0 Å². The molecular formula is C20H15F7N2O4S. The summed E-state index contributed by atoms with van der Waals surface area (Å²) in [5, 5.41) is 0.478. The molecule has 6 nitrogen and oxygen atoms in total. The van der Waals surface area contributed by atoms with Gasteiger partial charge in [0.1, 0.15) is 16.4 Å². The third-order valence-corrected chi connectivity index (χ3v) is 5.58. The molecule has 0 radical (unpaired) electrons. The van der Waals surface area contributed by atoms with Gasteiger partial charge in [0.25, 0.3) is 10.0 Å². The number of para-hydroxylation sites is 1. The van der Waals surface area contributed by atoms with Gasteiger partial charge in [0.2, 0.25) is 0 Å². The van der Waals surface area contributed by atoms with E-state index in [4.69, 9.17) is 0 Å². The van der Waals surface area contributed by atoms with E-state index in [9.17, 15) is 39.2 Å². The van der Waals surface area contributed by atoms with Gasteiger partial charge in [0.15, 0.2) is 13.2 Å². The van der Waals surface area contributed by atoms with Gasteiger partial charge >= 0.3 is 18.5 Å². The molecule has 0 aliphatic rings. The molecule has 14 heteroatoms. The second kappa shape index (κ2) is 9.52. The Kier molecular flexibility index (Phi) is 7.10. The van der Waals surface area contributed by atoms with Crippen LogP contribution in [-0.4, -0.2) is 45.1 Å². The van der Waals surface area contributed by atoms with Crippen molar-refractivity contribution in [2.75, 3.05) is 17.9 Å². The lowest BCUT2D eigenvalue weighted by Gasteiger charge is -2.18. The molecule has 0 aliphatic heterocycles. The largest absolute Gasteiger partial charge is 0.487 e. The van der Waals surface area contributed by atoms with Crippen molar-refractivity contribution >= 4 is 26.6 Å². The van der Waals surface area contributed by atoms with Gasteiger partial charge in [-0.15, -0.1) is 0 Å². The van der Waals surface area contributed by atoms with E-state index in [1.807, 2.05) is 0 Å². The Hall–Kier alpha value is -3.29. The van der Waals surface area contributed by atoms with Crippen LogP contribution in [0.2, 0.25) is 0 Å². The highest BCUT2D eigenvalue weighted by Crippen LogP contribution is 2.32. The van der Waals surface area contributed by atoms with Crippen molar-refractivity contribution in [1.29, 1.82) is 0 Å². The molecule has 0 aliphatic carbocycles. The number of aromatic nitrogens is 1. The second-order valence-electron chi connectivity index (χ2n) is 6.88. The maximum Gasteiger partial charge on any atom is 0.422 e. The van der Waals surface area contributed by atoms with Crippen LogP contribution >= 0.6 is 0 Å². The van der Waals surface area contributed by atoms with Gasteiger partial charge in [-0.25, -0.2) is 17.2 Å². The number of nitrogens with one attached hydrogen (secondary N) is 1. The Morgan fingerprint density at radius 3 is 2.15 bits per heavy atom. The first-order chi connectivity index (χ1) is 15.8. The fourth-order valence-electron chi connectivity index (χ4n) is 2.71. The van der Waals surface area contributed by atoms with Crippen LogP contribution < -0.4 is 14.2 Å². The van der Waals surface area contributed by atoms with E-state index in [0.29, 0.717) is 5.39 Å². The van der Waals surface area contributed by atoms with Crippen molar-refractivity contribution in [2.45, 2.75) is 23.4 Å². The van der Waals surface area contributed by atoms with Crippen LogP contribution in [0.25, 0.3) is 10.9 Å². The zero-order valence-electron chi connectivity index (χ0n) is 16.8. The van der Waals surface area contributed by atoms with E-state index >= 15 is 0 Å². The van der Waals surface area contributed by atoms with Crippen LogP contribution in [0.4, 0.5) is 36.4 Å². The quantitative estimate of drug-likeness (QED) is 0.396. The summed E-state index contributed by atoms with van der Waals surface area (Å²) in [5.74, 6) is -5.80. The minimum atomic E-state index is -4.77. The molecule has 0 fully saturated rings. The number of anilines is 1. The highest BCUT2D eigenvalue weighted by molar-refractivity contribution is 7.93. The molecule has 0 amide bonds. The van der Waals surface area contributed by atoms with Crippen molar-refractivity contribution in [2.24, 2.45) is 0 Å². The van der Waals surface area contributed by atoms with Crippen molar-refractivity contribution in [3.63, 3.8) is 0 Å². The van der Waals surface area contributed by atoms with Crippen molar-refractivity contribution in [1.82, 2.24) is 4.98 Å². The molecule has 2 aromatic carbocycles. The molecule has 1 N–H and O–H groups in total. The lowest BCUT2D eigenvalue weighted by molar-refractivity contribution is -0.153. The molecule has 3 rings (SSSR count). The highest BCUT2D eigenvalue weighted by Gasteiger charge is 2.41. The molecule has 0 saturated carbocycles. The van der Waals surface area contributed by atoms with Crippen LogP contribution in [-0.2, 0) is 10.0 Å². The molecule has 3 aromatic rings. The smallest absolute Gasteiger partial charge is 0.422 e. The van der Waals surface area contributed by atoms with E-state index in [1.165, 1.54) is 18.3 Å². The lowest BCUT2D eigenvalue weighted by Crippen LogP contribution is -2.33. The Morgan fingerprint density at radius 1 is 0.912 bits per heavy atom. The van der Waals surface area contributed by atoms with Crippen LogP contribution in [0.1, 0.15) is 0 Å². The fraction of sp³-hybridized carbons (Fsp3) is 0.250. The summed E-state index contributed by atoms with van der Waals surface area (Å²) in [6.45, 7) is -3.60. The number of alkyl halides is 7. The molecule has 1 heterocycles. The average Bonchev–Trinajstić information content (AvgIpc) is 2.75. The number of sulfonamides is 1. The molecule has 0 spiro atoms. The summed E-state index contributed by atoms with van der Waals surface area (Å²) < 4.78 is 126. The Morgan fingerprint density at radius 2 is 1.53 bits per heavy atom. The molecule has 0 saturated heterocycles. The Bertz CT molecular complexity index is 1260. The minimum Gasteiger partial charge on any atom is -0.487 e. The third-order valence-electron chi connectivity index (χ3n) is 4.17. The van der Waals surface area contributed by atoms with Gasteiger partial charge in [-0.2, -0.15) is 22.0 Å². The Labute approximate surface area is 188 Å². The molecule has 184 valence electrons. The summed E-state index contributed by atoms with van der Waals surface area (Å²) in [6, 6.07) is 9.84. The second-order valence-corrected chi connectivity index (χ2v) is 8.53. The van der Waals surface area contributed by atoms with Crippen LogP contribution in [0, 0.1) is 0 Å². The number of halogens is 7. The van der Waals surface area contributed by atoms with Crippen molar-refractivity contribution in [3.8, 4) is 11.5 Å². The van der Waals surface area contributed by atoms with Crippen LogP contribution in [0.15, 0.2) is 59.6 Å². The van der Waals surface area contributed by atoms with E-state index < -0.39 is 58.9 Å². The predicted molar refractivity (Wildman–Crippen MR) is 107 cm³/mol. The fourth-order valence-corrected chi connectivity index (χ4v) is 3.93.